The van der Waals surface area contributed by atoms with Crippen molar-refractivity contribution in [2.24, 2.45) is 0 Å². The Balaban J connectivity index is 2.25. The summed E-state index contributed by atoms with van der Waals surface area (Å²) in [6.07, 6.45) is 1.31. The van der Waals surface area contributed by atoms with Gasteiger partial charge in [-0.3, -0.25) is 0 Å². The zero-order valence-electron chi connectivity index (χ0n) is 9.66. The fraction of sp³-hybridized carbons (Fsp3) is 0.538. The van der Waals surface area contributed by atoms with E-state index in [-0.39, 0.29) is 6.10 Å². The SMILES string of the molecule is CO[C@@H]1Cc2ccccc2[C@@H]1NC(C)C. The van der Waals surface area contributed by atoms with Crippen LogP contribution in [0.2, 0.25) is 0 Å². The molecule has 1 aliphatic rings. The van der Waals surface area contributed by atoms with Crippen LogP contribution in [0, 0.1) is 0 Å². The summed E-state index contributed by atoms with van der Waals surface area (Å²) in [6.45, 7) is 4.35. The van der Waals surface area contributed by atoms with Crippen LogP contribution in [-0.4, -0.2) is 19.3 Å². The summed E-state index contributed by atoms with van der Waals surface area (Å²) in [7, 11) is 1.80. The van der Waals surface area contributed by atoms with Crippen molar-refractivity contribution in [3.8, 4) is 0 Å². The minimum atomic E-state index is 0.282. The van der Waals surface area contributed by atoms with Crippen LogP contribution in [0.25, 0.3) is 0 Å². The van der Waals surface area contributed by atoms with Crippen LogP contribution in [0.5, 0.6) is 0 Å². The summed E-state index contributed by atoms with van der Waals surface area (Å²) in [6, 6.07) is 9.44. The Hall–Kier alpha value is -0.860. The largest absolute Gasteiger partial charge is 0.379 e. The molecule has 0 heterocycles. The van der Waals surface area contributed by atoms with Crippen LogP contribution in [-0.2, 0) is 11.2 Å². The Morgan fingerprint density at radius 2 is 2.07 bits per heavy atom. The van der Waals surface area contributed by atoms with Crippen molar-refractivity contribution in [2.45, 2.75) is 38.5 Å². The lowest BCUT2D eigenvalue weighted by Crippen LogP contribution is -2.34. The van der Waals surface area contributed by atoms with Gasteiger partial charge in [0.25, 0.3) is 0 Å². The highest BCUT2D eigenvalue weighted by molar-refractivity contribution is 5.36. The van der Waals surface area contributed by atoms with Gasteiger partial charge in [0.2, 0.25) is 0 Å². The third kappa shape index (κ3) is 2.06. The topological polar surface area (TPSA) is 21.3 Å². The Bertz CT molecular complexity index is 335. The van der Waals surface area contributed by atoms with Gasteiger partial charge in [-0.15, -0.1) is 0 Å². The van der Waals surface area contributed by atoms with Crippen molar-refractivity contribution in [3.63, 3.8) is 0 Å². The van der Waals surface area contributed by atoms with Crippen molar-refractivity contribution in [1.29, 1.82) is 0 Å². The average Bonchev–Trinajstić information content (AvgIpc) is 2.56. The summed E-state index contributed by atoms with van der Waals surface area (Å²) >= 11 is 0. The summed E-state index contributed by atoms with van der Waals surface area (Å²) in [5, 5.41) is 3.57. The maximum atomic E-state index is 5.54. The molecule has 1 aromatic rings. The number of hydrogen-bond acceptors (Lipinski definition) is 2. The van der Waals surface area contributed by atoms with Crippen LogP contribution in [0.1, 0.15) is 31.0 Å². The second-order valence-corrected chi connectivity index (χ2v) is 4.48. The van der Waals surface area contributed by atoms with Gasteiger partial charge in [0, 0.05) is 19.6 Å². The Morgan fingerprint density at radius 1 is 1.33 bits per heavy atom. The van der Waals surface area contributed by atoms with Crippen LogP contribution in [0.4, 0.5) is 0 Å². The van der Waals surface area contributed by atoms with E-state index in [9.17, 15) is 0 Å². The predicted molar refractivity (Wildman–Crippen MR) is 62.0 cm³/mol. The molecule has 2 rings (SSSR count). The first-order valence-electron chi connectivity index (χ1n) is 5.59. The van der Waals surface area contributed by atoms with E-state index in [1.54, 1.807) is 7.11 Å². The molecule has 0 fully saturated rings. The number of benzene rings is 1. The molecule has 1 N–H and O–H groups in total. The van der Waals surface area contributed by atoms with Gasteiger partial charge in [-0.1, -0.05) is 38.1 Å². The third-order valence-electron chi connectivity index (χ3n) is 3.00. The zero-order valence-corrected chi connectivity index (χ0v) is 9.66. The quantitative estimate of drug-likeness (QED) is 0.817. The van der Waals surface area contributed by atoms with E-state index < -0.39 is 0 Å². The van der Waals surface area contributed by atoms with Gasteiger partial charge < -0.3 is 10.1 Å². The smallest absolute Gasteiger partial charge is 0.0806 e. The van der Waals surface area contributed by atoms with Gasteiger partial charge in [0.05, 0.1) is 12.1 Å². The lowest BCUT2D eigenvalue weighted by molar-refractivity contribution is 0.0762. The summed E-state index contributed by atoms with van der Waals surface area (Å²) in [4.78, 5) is 0. The maximum absolute atomic E-state index is 5.54. The molecule has 0 aromatic heterocycles. The van der Waals surface area contributed by atoms with Crippen molar-refractivity contribution in [2.75, 3.05) is 7.11 Å². The van der Waals surface area contributed by atoms with E-state index in [1.165, 1.54) is 11.1 Å². The molecule has 0 amide bonds. The molecule has 2 heteroatoms. The van der Waals surface area contributed by atoms with Gasteiger partial charge in [-0.2, -0.15) is 0 Å². The average molecular weight is 205 g/mol. The molecule has 1 aromatic carbocycles. The van der Waals surface area contributed by atoms with Crippen molar-refractivity contribution in [1.82, 2.24) is 5.32 Å². The molecule has 0 saturated carbocycles. The molecule has 2 nitrogen and oxygen atoms in total. The predicted octanol–water partition coefficient (Wildman–Crippen LogP) is 2.30. The minimum absolute atomic E-state index is 0.282. The van der Waals surface area contributed by atoms with E-state index >= 15 is 0 Å². The molecule has 0 radical (unpaired) electrons. The van der Waals surface area contributed by atoms with Crippen molar-refractivity contribution >= 4 is 0 Å². The normalized spacial score (nSPS) is 24.5. The first-order chi connectivity index (χ1) is 7.22. The number of hydrogen-bond donors (Lipinski definition) is 1. The van der Waals surface area contributed by atoms with Gasteiger partial charge in [0.1, 0.15) is 0 Å². The zero-order chi connectivity index (χ0) is 10.8. The van der Waals surface area contributed by atoms with Crippen molar-refractivity contribution in [3.05, 3.63) is 35.4 Å². The molecule has 2 atom stereocenters. The molecule has 0 saturated heterocycles. The molecule has 82 valence electrons. The Kier molecular flexibility index (Phi) is 3.08. The van der Waals surface area contributed by atoms with Crippen LogP contribution in [0.3, 0.4) is 0 Å². The second-order valence-electron chi connectivity index (χ2n) is 4.48. The first kappa shape index (κ1) is 10.7. The molecule has 0 aliphatic heterocycles. The minimum Gasteiger partial charge on any atom is -0.379 e. The van der Waals surface area contributed by atoms with Crippen LogP contribution < -0.4 is 5.32 Å². The van der Waals surface area contributed by atoms with Crippen molar-refractivity contribution < 1.29 is 4.74 Å². The van der Waals surface area contributed by atoms with E-state index in [2.05, 4.69) is 43.4 Å². The first-order valence-corrected chi connectivity index (χ1v) is 5.59. The highest BCUT2D eigenvalue weighted by Gasteiger charge is 2.32. The van der Waals surface area contributed by atoms with Gasteiger partial charge in [0.15, 0.2) is 0 Å². The molecular formula is C13H19NO. The molecule has 0 bridgehead atoms. The molecule has 0 spiro atoms. The highest BCUT2D eigenvalue weighted by atomic mass is 16.5. The van der Waals surface area contributed by atoms with Gasteiger partial charge in [-0.05, 0) is 11.1 Å². The second kappa shape index (κ2) is 4.33. The van der Waals surface area contributed by atoms with Crippen LogP contribution >= 0.6 is 0 Å². The number of methoxy groups -OCH3 is 1. The fourth-order valence-electron chi connectivity index (χ4n) is 2.33. The van der Waals surface area contributed by atoms with E-state index in [4.69, 9.17) is 4.74 Å². The maximum Gasteiger partial charge on any atom is 0.0806 e. The number of rotatable bonds is 3. The van der Waals surface area contributed by atoms with E-state index in [1.807, 2.05) is 0 Å². The summed E-state index contributed by atoms with van der Waals surface area (Å²) in [5.41, 5.74) is 2.82. The Labute approximate surface area is 91.6 Å². The lowest BCUT2D eigenvalue weighted by atomic mass is 10.1. The number of fused-ring (bicyclic) bond motifs is 1. The number of ether oxygens (including phenoxy) is 1. The number of nitrogens with one attached hydrogen (secondary N) is 1. The monoisotopic (exact) mass is 205 g/mol. The Morgan fingerprint density at radius 3 is 2.73 bits per heavy atom. The summed E-state index contributed by atoms with van der Waals surface area (Å²) < 4.78 is 5.54. The fourth-order valence-corrected chi connectivity index (χ4v) is 2.33. The van der Waals surface area contributed by atoms with E-state index in [0.29, 0.717) is 12.1 Å². The lowest BCUT2D eigenvalue weighted by Gasteiger charge is -2.23. The molecule has 1 aliphatic carbocycles. The summed E-state index contributed by atoms with van der Waals surface area (Å²) in [5.74, 6) is 0. The molecule has 0 unspecified atom stereocenters. The standard InChI is InChI=1S/C13H19NO/c1-9(2)14-13-11-7-5-4-6-10(11)8-12(13)15-3/h4-7,9,12-14H,8H2,1-3H3/t12-,13+/m1/s1. The van der Waals surface area contributed by atoms with Gasteiger partial charge >= 0.3 is 0 Å². The third-order valence-corrected chi connectivity index (χ3v) is 3.00. The highest BCUT2D eigenvalue weighted by Crippen LogP contribution is 2.33. The van der Waals surface area contributed by atoms with Crippen LogP contribution in [0.15, 0.2) is 24.3 Å². The van der Waals surface area contributed by atoms with E-state index in [0.717, 1.165) is 6.42 Å². The molecule has 15 heavy (non-hydrogen) atoms. The van der Waals surface area contributed by atoms with Gasteiger partial charge in [-0.25, -0.2) is 0 Å². The molecular weight excluding hydrogens is 186 g/mol.